The van der Waals surface area contributed by atoms with Crippen LogP contribution in [0.15, 0.2) is 115 Å². The molecule has 0 amide bonds. The van der Waals surface area contributed by atoms with Crippen LogP contribution in [0.2, 0.25) is 0 Å². The fraction of sp³-hybridized carbons (Fsp3) is 0.0286. The molecule has 1 aliphatic rings. The van der Waals surface area contributed by atoms with E-state index in [-0.39, 0.29) is 0 Å². The van der Waals surface area contributed by atoms with E-state index in [1.165, 1.54) is 79.3 Å². The Morgan fingerprint density at radius 2 is 1.00 bits per heavy atom. The molecule has 0 aliphatic carbocycles. The standard InChI is InChI=1S/C35H22NS2/c1-36(23-14-15-34-28(18-23)24-10-4-6-12-32(24)37-34)30-17-22-9-3-2-8-21(22)16-26(30)27-20-35-29(19-31(27)36)25-11-5-7-13-33(25)38-35/h2-20H,1H3/q+1. The average molecular weight is 521 g/mol. The van der Waals surface area contributed by atoms with Crippen LogP contribution in [0.3, 0.4) is 0 Å². The fourth-order valence-corrected chi connectivity index (χ4v) is 8.77. The van der Waals surface area contributed by atoms with E-state index < -0.39 is 0 Å². The summed E-state index contributed by atoms with van der Waals surface area (Å²) in [6.45, 7) is 0. The molecule has 2 aromatic heterocycles. The van der Waals surface area contributed by atoms with Crippen LogP contribution in [0.5, 0.6) is 0 Å². The average Bonchev–Trinajstić information content (AvgIpc) is 3.59. The van der Waals surface area contributed by atoms with Crippen LogP contribution in [0.4, 0.5) is 17.1 Å². The maximum atomic E-state index is 2.48. The molecule has 0 fully saturated rings. The Labute approximate surface area is 228 Å². The van der Waals surface area contributed by atoms with Gasteiger partial charge >= 0.3 is 0 Å². The first-order valence-corrected chi connectivity index (χ1v) is 14.6. The Kier molecular flexibility index (Phi) is 4.03. The number of thiophene rings is 2. The fourth-order valence-electron chi connectivity index (χ4n) is 6.56. The molecule has 3 heterocycles. The van der Waals surface area contributed by atoms with Crippen LogP contribution in [-0.2, 0) is 0 Å². The number of hydrogen-bond acceptors (Lipinski definition) is 2. The van der Waals surface area contributed by atoms with Crippen molar-refractivity contribution in [3.8, 4) is 11.1 Å². The first-order chi connectivity index (χ1) is 18.7. The van der Waals surface area contributed by atoms with Gasteiger partial charge in [-0.15, -0.1) is 22.7 Å². The zero-order valence-electron chi connectivity index (χ0n) is 20.7. The van der Waals surface area contributed by atoms with Crippen molar-refractivity contribution in [3.63, 3.8) is 0 Å². The Morgan fingerprint density at radius 1 is 0.447 bits per heavy atom. The summed E-state index contributed by atoms with van der Waals surface area (Å²) in [6, 6.07) is 43.3. The number of benzene rings is 6. The van der Waals surface area contributed by atoms with Crippen molar-refractivity contribution < 1.29 is 0 Å². The van der Waals surface area contributed by atoms with E-state index >= 15 is 0 Å². The third kappa shape index (κ3) is 2.63. The molecular weight excluding hydrogens is 499 g/mol. The maximum Gasteiger partial charge on any atom is 0.151 e. The van der Waals surface area contributed by atoms with Gasteiger partial charge in [0.25, 0.3) is 0 Å². The summed E-state index contributed by atoms with van der Waals surface area (Å²) >= 11 is 3.78. The highest BCUT2D eigenvalue weighted by Gasteiger charge is 2.43. The molecule has 1 nitrogen and oxygen atoms in total. The lowest BCUT2D eigenvalue weighted by Crippen LogP contribution is -2.31. The summed E-state index contributed by atoms with van der Waals surface area (Å²) in [5.74, 6) is 0. The van der Waals surface area contributed by atoms with E-state index in [2.05, 4.69) is 122 Å². The SMILES string of the molecule is C[N+]1(c2ccc3sc4ccccc4c3c2)c2cc3ccccc3cc2-c2cc3sc4ccccc4c3cc21. The molecule has 1 atom stereocenters. The number of nitrogens with zero attached hydrogens (tertiary/aromatic N) is 1. The first kappa shape index (κ1) is 21.0. The summed E-state index contributed by atoms with van der Waals surface area (Å²) in [5.41, 5.74) is 6.69. The molecule has 0 bridgehead atoms. The highest BCUT2D eigenvalue weighted by Crippen LogP contribution is 2.59. The van der Waals surface area contributed by atoms with Crippen molar-refractivity contribution in [3.05, 3.63) is 115 Å². The van der Waals surface area contributed by atoms with Crippen molar-refractivity contribution in [1.29, 1.82) is 0 Å². The summed E-state index contributed by atoms with van der Waals surface area (Å²) in [6.07, 6.45) is 0. The highest BCUT2D eigenvalue weighted by molar-refractivity contribution is 7.26. The van der Waals surface area contributed by atoms with Crippen molar-refractivity contribution in [2.45, 2.75) is 0 Å². The van der Waals surface area contributed by atoms with Gasteiger partial charge in [0.1, 0.15) is 5.69 Å². The predicted molar refractivity (Wildman–Crippen MR) is 169 cm³/mol. The van der Waals surface area contributed by atoms with Crippen LogP contribution >= 0.6 is 22.7 Å². The predicted octanol–water partition coefficient (Wildman–Crippen LogP) is 11.2. The minimum absolute atomic E-state index is 0.662. The van der Waals surface area contributed by atoms with Crippen molar-refractivity contribution in [2.75, 3.05) is 7.05 Å². The number of rotatable bonds is 1. The molecule has 1 unspecified atom stereocenters. The Morgan fingerprint density at radius 3 is 1.76 bits per heavy atom. The molecule has 3 heteroatoms. The second-order valence-corrected chi connectivity index (χ2v) is 12.6. The van der Waals surface area contributed by atoms with Crippen LogP contribution < -0.4 is 4.48 Å². The zero-order chi connectivity index (χ0) is 25.0. The Hall–Kier alpha value is -4.02. The largest absolute Gasteiger partial charge is 0.228 e. The second-order valence-electron chi connectivity index (χ2n) is 10.5. The van der Waals surface area contributed by atoms with Gasteiger partial charge in [-0.3, -0.25) is 0 Å². The van der Waals surface area contributed by atoms with Gasteiger partial charge in [-0.25, -0.2) is 4.48 Å². The van der Waals surface area contributed by atoms with Gasteiger partial charge in [0.05, 0.1) is 18.2 Å². The van der Waals surface area contributed by atoms with Gasteiger partial charge in [0, 0.05) is 64.6 Å². The third-order valence-corrected chi connectivity index (χ3v) is 10.8. The molecule has 38 heavy (non-hydrogen) atoms. The van der Waals surface area contributed by atoms with E-state index in [1.807, 2.05) is 22.7 Å². The minimum atomic E-state index is 0.662. The topological polar surface area (TPSA) is 0 Å². The van der Waals surface area contributed by atoms with Gasteiger partial charge < -0.3 is 0 Å². The monoisotopic (exact) mass is 520 g/mol. The van der Waals surface area contributed by atoms with E-state index in [4.69, 9.17) is 0 Å². The molecule has 8 aromatic rings. The minimum Gasteiger partial charge on any atom is -0.228 e. The van der Waals surface area contributed by atoms with Gasteiger partial charge in [-0.05, 0) is 41.1 Å². The van der Waals surface area contributed by atoms with E-state index in [0.29, 0.717) is 4.48 Å². The highest BCUT2D eigenvalue weighted by atomic mass is 32.1. The smallest absolute Gasteiger partial charge is 0.151 e. The zero-order valence-corrected chi connectivity index (χ0v) is 22.4. The molecule has 0 N–H and O–H groups in total. The third-order valence-electron chi connectivity index (χ3n) is 8.49. The second kappa shape index (κ2) is 7.30. The lowest BCUT2D eigenvalue weighted by Gasteiger charge is -2.30. The van der Waals surface area contributed by atoms with Gasteiger partial charge in [0.15, 0.2) is 11.4 Å². The maximum absolute atomic E-state index is 2.48. The molecule has 1 aliphatic heterocycles. The normalized spacial score (nSPS) is 16.7. The molecule has 9 rings (SSSR count). The molecule has 0 spiro atoms. The Bertz CT molecular complexity index is 2270. The summed E-state index contributed by atoms with van der Waals surface area (Å²) in [5, 5.41) is 7.98. The molecule has 178 valence electrons. The van der Waals surface area contributed by atoms with E-state index in [9.17, 15) is 0 Å². The summed E-state index contributed by atoms with van der Waals surface area (Å²) in [4.78, 5) is 0. The van der Waals surface area contributed by atoms with Crippen molar-refractivity contribution in [1.82, 2.24) is 4.48 Å². The molecule has 0 saturated carbocycles. The van der Waals surface area contributed by atoms with E-state index in [0.717, 1.165) is 0 Å². The van der Waals surface area contributed by atoms with Crippen LogP contribution in [0.1, 0.15) is 0 Å². The molecule has 0 radical (unpaired) electrons. The Balaban J connectivity index is 1.41. The van der Waals surface area contributed by atoms with Crippen molar-refractivity contribution in [2.24, 2.45) is 0 Å². The number of hydrogen-bond donors (Lipinski definition) is 0. The molecular formula is C35H22NS2+. The summed E-state index contributed by atoms with van der Waals surface area (Å²) in [7, 11) is 2.38. The lowest BCUT2D eigenvalue weighted by molar-refractivity contribution is 0.645. The number of fused-ring (bicyclic) bond motifs is 10. The van der Waals surface area contributed by atoms with Crippen molar-refractivity contribution >= 4 is 90.9 Å². The molecule has 0 saturated heterocycles. The van der Waals surface area contributed by atoms with Crippen LogP contribution in [-0.4, -0.2) is 7.05 Å². The van der Waals surface area contributed by atoms with Crippen LogP contribution in [0, 0.1) is 0 Å². The molecule has 6 aromatic carbocycles. The van der Waals surface area contributed by atoms with Gasteiger partial charge in [-0.2, -0.15) is 0 Å². The van der Waals surface area contributed by atoms with Crippen LogP contribution in [0.25, 0.3) is 62.2 Å². The quantitative estimate of drug-likeness (QED) is 0.189. The summed E-state index contributed by atoms with van der Waals surface area (Å²) < 4.78 is 6.07. The lowest BCUT2D eigenvalue weighted by atomic mass is 10.0. The van der Waals surface area contributed by atoms with E-state index in [1.54, 1.807) is 0 Å². The first-order valence-electron chi connectivity index (χ1n) is 13.0. The van der Waals surface area contributed by atoms with Gasteiger partial charge in [0.2, 0.25) is 0 Å². The van der Waals surface area contributed by atoms with Gasteiger partial charge in [-0.1, -0.05) is 60.7 Å². The number of quaternary nitrogens is 1.